The van der Waals surface area contributed by atoms with Crippen LogP contribution in [-0.4, -0.2) is 19.9 Å². The molecule has 0 amide bonds. The Balaban J connectivity index is 0.00000176. The Bertz CT molecular complexity index is 868. The number of nitrogens with zero attached hydrogens (tertiary/aromatic N) is 2. The van der Waals surface area contributed by atoms with Crippen molar-refractivity contribution in [2.24, 2.45) is 0 Å². The molecule has 5 heteroatoms. The van der Waals surface area contributed by atoms with Crippen LogP contribution < -0.4 is 0 Å². The van der Waals surface area contributed by atoms with Crippen LogP contribution >= 0.6 is 12.2 Å². The summed E-state index contributed by atoms with van der Waals surface area (Å²) < 4.78 is 2.48. The van der Waals surface area contributed by atoms with Crippen molar-refractivity contribution in [2.75, 3.05) is 0 Å². The van der Waals surface area contributed by atoms with Crippen LogP contribution in [0.5, 0.6) is 0 Å². The molecule has 0 aliphatic carbocycles. The van der Waals surface area contributed by atoms with Gasteiger partial charge in [0.15, 0.2) is 10.6 Å². The Hall–Kier alpha value is -3.10. The number of aliphatic hydroxyl groups is 1. The maximum Gasteiger partial charge on any atom is 0.200 e. The van der Waals surface area contributed by atoms with Crippen molar-refractivity contribution in [1.29, 1.82) is 0 Å². The molecule has 0 saturated carbocycles. The number of para-hydroxylation sites is 1. The quantitative estimate of drug-likeness (QED) is 0.258. The zero-order valence-electron chi connectivity index (χ0n) is 15.5. The van der Waals surface area contributed by atoms with Gasteiger partial charge in [-0.1, -0.05) is 55.5 Å². The molecule has 1 heterocycles. The highest BCUT2D eigenvalue weighted by molar-refractivity contribution is 7.71. The summed E-state index contributed by atoms with van der Waals surface area (Å²) in [6.07, 6.45) is 24.1. The number of H-pyrrole nitrogens is 1. The number of aliphatic hydroxyl groups excluding tert-OH is 1. The fourth-order valence-corrected chi connectivity index (χ4v) is 2.41. The van der Waals surface area contributed by atoms with Crippen molar-refractivity contribution < 1.29 is 5.11 Å². The van der Waals surface area contributed by atoms with Crippen LogP contribution in [0.3, 0.4) is 0 Å². The first-order valence-electron chi connectivity index (χ1n) is 8.64. The monoisotopic (exact) mass is 379 g/mol. The summed E-state index contributed by atoms with van der Waals surface area (Å²) >= 11 is 5.31. The van der Waals surface area contributed by atoms with Crippen LogP contribution in [0.25, 0.3) is 11.8 Å². The topological polar surface area (TPSA) is 53.8 Å². The van der Waals surface area contributed by atoms with E-state index in [1.165, 1.54) is 0 Å². The highest BCUT2D eigenvalue weighted by Crippen LogP contribution is 2.11. The maximum atomic E-state index is 9.33. The molecule has 1 aromatic carbocycles. The molecule has 140 valence electrons. The van der Waals surface area contributed by atoms with E-state index in [1.807, 2.05) is 78.3 Å². The Labute approximate surface area is 166 Å². The SMILES string of the molecule is C#C.CC/C(O)=C\C/C=C\C=C/C/C=C/c1n[nH]c(=S)n1-c1ccccc1. The van der Waals surface area contributed by atoms with E-state index in [4.69, 9.17) is 12.2 Å². The van der Waals surface area contributed by atoms with Crippen LogP contribution in [0.2, 0.25) is 0 Å². The van der Waals surface area contributed by atoms with Crippen molar-refractivity contribution in [2.45, 2.75) is 26.2 Å². The number of benzene rings is 1. The van der Waals surface area contributed by atoms with Crippen molar-refractivity contribution in [3.63, 3.8) is 0 Å². The Morgan fingerprint density at radius 1 is 1.15 bits per heavy atom. The highest BCUT2D eigenvalue weighted by atomic mass is 32.1. The van der Waals surface area contributed by atoms with E-state index < -0.39 is 0 Å². The number of rotatable bonds is 8. The molecule has 0 radical (unpaired) electrons. The van der Waals surface area contributed by atoms with Gasteiger partial charge in [-0.15, -0.1) is 12.8 Å². The zero-order chi connectivity index (χ0) is 19.9. The van der Waals surface area contributed by atoms with Crippen LogP contribution in [0.4, 0.5) is 0 Å². The first-order valence-corrected chi connectivity index (χ1v) is 9.05. The van der Waals surface area contributed by atoms with Gasteiger partial charge in [0.05, 0.1) is 5.76 Å². The lowest BCUT2D eigenvalue weighted by molar-refractivity contribution is 0.392. The minimum atomic E-state index is 0.434. The lowest BCUT2D eigenvalue weighted by Gasteiger charge is -2.02. The van der Waals surface area contributed by atoms with Crippen LogP contribution in [0.15, 0.2) is 72.5 Å². The second kappa shape index (κ2) is 13.2. The van der Waals surface area contributed by atoms with Crippen molar-refractivity contribution in [3.05, 3.63) is 83.1 Å². The highest BCUT2D eigenvalue weighted by Gasteiger charge is 2.04. The Morgan fingerprint density at radius 2 is 1.81 bits per heavy atom. The van der Waals surface area contributed by atoms with Gasteiger partial charge in [0.25, 0.3) is 0 Å². The van der Waals surface area contributed by atoms with E-state index in [2.05, 4.69) is 29.1 Å². The molecule has 27 heavy (non-hydrogen) atoms. The number of hydrogen-bond acceptors (Lipinski definition) is 3. The van der Waals surface area contributed by atoms with Gasteiger partial charge >= 0.3 is 0 Å². The van der Waals surface area contributed by atoms with Crippen molar-refractivity contribution in [1.82, 2.24) is 14.8 Å². The largest absolute Gasteiger partial charge is 0.513 e. The second-order valence-corrected chi connectivity index (χ2v) is 5.72. The van der Waals surface area contributed by atoms with E-state index in [9.17, 15) is 5.11 Å². The zero-order valence-corrected chi connectivity index (χ0v) is 16.3. The van der Waals surface area contributed by atoms with E-state index in [0.717, 1.165) is 24.4 Å². The molecule has 2 N–H and O–H groups in total. The first-order chi connectivity index (χ1) is 13.2. The lowest BCUT2D eigenvalue weighted by Crippen LogP contribution is -1.96. The standard InChI is InChI=1S/C20H23N3OS.C2H2/c1-2-18(24)15-11-6-4-3-5-7-12-16-19-21-22-20(25)23(19)17-13-9-8-10-14-17;1-2/h3-6,8-10,12-16,24H,2,7,11H2,1H3,(H,22,25);1-2H/b5-3-,6-4-,16-12+,18-15+;. The molecular weight excluding hydrogens is 354 g/mol. The smallest absolute Gasteiger partial charge is 0.200 e. The summed E-state index contributed by atoms with van der Waals surface area (Å²) in [4.78, 5) is 0. The average molecular weight is 380 g/mol. The normalized spacial score (nSPS) is 11.9. The van der Waals surface area contributed by atoms with Crippen LogP contribution in [-0.2, 0) is 0 Å². The molecular formula is C22H25N3OS. The molecule has 2 aromatic rings. The van der Waals surface area contributed by atoms with Gasteiger partial charge in [-0.2, -0.15) is 5.10 Å². The van der Waals surface area contributed by atoms with E-state index in [0.29, 0.717) is 17.0 Å². The number of allylic oxidation sites excluding steroid dienone is 7. The average Bonchev–Trinajstić information content (AvgIpc) is 3.09. The van der Waals surface area contributed by atoms with Gasteiger partial charge in [-0.3, -0.25) is 9.67 Å². The molecule has 0 fully saturated rings. The van der Waals surface area contributed by atoms with Crippen LogP contribution in [0, 0.1) is 17.6 Å². The molecule has 1 aromatic heterocycles. The second-order valence-electron chi connectivity index (χ2n) is 5.34. The minimum absolute atomic E-state index is 0.434. The lowest BCUT2D eigenvalue weighted by atomic mass is 10.2. The van der Waals surface area contributed by atoms with E-state index in [-0.39, 0.29) is 0 Å². The molecule has 2 rings (SSSR count). The number of terminal acetylenes is 1. The number of hydrogen-bond donors (Lipinski definition) is 2. The van der Waals surface area contributed by atoms with Gasteiger partial charge < -0.3 is 5.11 Å². The Morgan fingerprint density at radius 3 is 2.48 bits per heavy atom. The number of aromatic amines is 1. The fourth-order valence-electron chi connectivity index (χ4n) is 2.16. The molecule has 0 aliphatic rings. The summed E-state index contributed by atoms with van der Waals surface area (Å²) in [6, 6.07) is 9.92. The fraction of sp³-hybridized carbons (Fsp3) is 0.182. The van der Waals surface area contributed by atoms with Gasteiger partial charge in [-0.25, -0.2) is 0 Å². The van der Waals surface area contributed by atoms with Crippen molar-refractivity contribution in [3.8, 4) is 18.5 Å². The summed E-state index contributed by atoms with van der Waals surface area (Å²) in [6.45, 7) is 1.93. The molecule has 0 saturated heterocycles. The predicted molar refractivity (Wildman–Crippen MR) is 116 cm³/mol. The minimum Gasteiger partial charge on any atom is -0.513 e. The summed E-state index contributed by atoms with van der Waals surface area (Å²) in [5.41, 5.74) is 0.989. The van der Waals surface area contributed by atoms with Gasteiger partial charge in [-0.05, 0) is 49.3 Å². The molecule has 0 atom stereocenters. The third kappa shape index (κ3) is 7.76. The van der Waals surface area contributed by atoms with Gasteiger partial charge in [0, 0.05) is 12.1 Å². The van der Waals surface area contributed by atoms with Gasteiger partial charge in [0.2, 0.25) is 0 Å². The molecule has 0 spiro atoms. The number of nitrogens with one attached hydrogen (secondary N) is 1. The van der Waals surface area contributed by atoms with Crippen LogP contribution in [0.1, 0.15) is 32.0 Å². The number of aromatic nitrogens is 3. The molecule has 4 nitrogen and oxygen atoms in total. The van der Waals surface area contributed by atoms with Gasteiger partial charge in [0.1, 0.15) is 0 Å². The summed E-state index contributed by atoms with van der Waals surface area (Å²) in [5.74, 6) is 1.21. The summed E-state index contributed by atoms with van der Waals surface area (Å²) in [5, 5.41) is 16.4. The van der Waals surface area contributed by atoms with Crippen molar-refractivity contribution >= 4 is 18.3 Å². The molecule has 0 aliphatic heterocycles. The Kier molecular flexibility index (Phi) is 10.7. The maximum absolute atomic E-state index is 9.33. The third-order valence-electron chi connectivity index (χ3n) is 3.49. The first kappa shape index (κ1) is 21.9. The molecule has 0 unspecified atom stereocenters. The predicted octanol–water partition coefficient (Wildman–Crippen LogP) is 5.94. The van der Waals surface area contributed by atoms with E-state index in [1.54, 1.807) is 0 Å². The summed E-state index contributed by atoms with van der Waals surface area (Å²) in [7, 11) is 0. The van der Waals surface area contributed by atoms with E-state index >= 15 is 0 Å². The molecule has 0 bridgehead atoms. The third-order valence-corrected chi connectivity index (χ3v) is 3.76.